The van der Waals surface area contributed by atoms with Gasteiger partial charge in [0.1, 0.15) is 0 Å². The van der Waals surface area contributed by atoms with E-state index in [9.17, 15) is 0 Å². The number of nitrogens with one attached hydrogen (secondary N) is 1. The Labute approximate surface area is 295 Å². The molecule has 2 aromatic rings. The zero-order valence-electron chi connectivity index (χ0n) is 29.2. The molecule has 0 radical (unpaired) electrons. The summed E-state index contributed by atoms with van der Waals surface area (Å²) in [5.74, 6) is 1.18. The number of hydrogen-bond acceptors (Lipinski definition) is 3. The highest BCUT2D eigenvalue weighted by Gasteiger charge is 2.25. The van der Waals surface area contributed by atoms with Gasteiger partial charge < -0.3 is 16.8 Å². The van der Waals surface area contributed by atoms with E-state index >= 15 is 0 Å². The van der Waals surface area contributed by atoms with Crippen LogP contribution in [0.1, 0.15) is 81.8 Å². The molecule has 0 aromatic heterocycles. The molecule has 0 amide bonds. The van der Waals surface area contributed by atoms with Crippen molar-refractivity contribution in [1.29, 1.82) is 0 Å². The number of fused-ring (bicyclic) bond motifs is 1. The first kappa shape index (κ1) is 35.5. The van der Waals surface area contributed by atoms with E-state index in [-0.39, 0.29) is 0 Å². The number of benzene rings is 2. The van der Waals surface area contributed by atoms with Gasteiger partial charge in [0, 0.05) is 23.8 Å². The van der Waals surface area contributed by atoms with Crippen LogP contribution in [0.15, 0.2) is 156 Å². The van der Waals surface area contributed by atoms with Crippen molar-refractivity contribution in [2.24, 2.45) is 11.8 Å². The van der Waals surface area contributed by atoms with Crippen molar-refractivity contribution >= 4 is 23.5 Å². The van der Waals surface area contributed by atoms with Crippen molar-refractivity contribution < 1.29 is 0 Å². The van der Waals surface area contributed by atoms with E-state index in [0.29, 0.717) is 11.8 Å². The average Bonchev–Trinajstić information content (AvgIpc) is 3.31. The topological polar surface area (TPSA) is 64.1 Å². The Kier molecular flexibility index (Phi) is 14.4. The van der Waals surface area contributed by atoms with Crippen molar-refractivity contribution in [3.8, 4) is 0 Å². The molecule has 49 heavy (non-hydrogen) atoms. The third-order valence-electron chi connectivity index (χ3n) is 9.71. The molecule has 0 aliphatic heterocycles. The normalized spacial score (nSPS) is 19.8. The molecule has 0 saturated heterocycles. The van der Waals surface area contributed by atoms with Gasteiger partial charge in [-0.05, 0) is 102 Å². The molecule has 0 heterocycles. The smallest absolute Gasteiger partial charge is 0.0314 e. The molecule has 3 heteroatoms. The van der Waals surface area contributed by atoms with Crippen LogP contribution in [0.25, 0.3) is 12.2 Å². The summed E-state index contributed by atoms with van der Waals surface area (Å²) in [6.07, 6.45) is 49.7. The van der Waals surface area contributed by atoms with E-state index in [1.54, 1.807) is 0 Å². The molecular formula is C46H55N3. The molecular weight excluding hydrogens is 595 g/mol. The largest absolute Gasteiger partial charge is 0.399 e. The summed E-state index contributed by atoms with van der Waals surface area (Å²) in [5.41, 5.74) is 21.0. The van der Waals surface area contributed by atoms with Crippen molar-refractivity contribution in [3.05, 3.63) is 167 Å². The Morgan fingerprint density at radius 3 is 2.04 bits per heavy atom. The highest BCUT2D eigenvalue weighted by atomic mass is 14.8. The maximum Gasteiger partial charge on any atom is 0.0314 e. The zero-order valence-corrected chi connectivity index (χ0v) is 29.2. The number of anilines is 2. The molecule has 0 bridgehead atoms. The summed E-state index contributed by atoms with van der Waals surface area (Å²) in [7, 11) is 0. The molecule has 0 spiro atoms. The lowest BCUT2D eigenvalue weighted by atomic mass is 9.78. The summed E-state index contributed by atoms with van der Waals surface area (Å²) in [5, 5.41) is 3.52. The van der Waals surface area contributed by atoms with E-state index in [4.69, 9.17) is 11.5 Å². The molecule has 254 valence electrons. The van der Waals surface area contributed by atoms with Crippen molar-refractivity contribution in [3.63, 3.8) is 0 Å². The van der Waals surface area contributed by atoms with Gasteiger partial charge in [-0.1, -0.05) is 154 Å². The number of rotatable bonds is 17. The third kappa shape index (κ3) is 12.0. The molecule has 5 N–H and O–H groups in total. The van der Waals surface area contributed by atoms with Crippen molar-refractivity contribution in [1.82, 2.24) is 5.32 Å². The summed E-state index contributed by atoms with van der Waals surface area (Å²) < 4.78 is 0. The van der Waals surface area contributed by atoms with Crippen LogP contribution in [0.4, 0.5) is 11.4 Å². The number of allylic oxidation sites excluding steroid dienone is 17. The standard InChI is InChI=1S/C46H55N3/c47-43-30-24-37(25-31-43)22-28-40(39-15-9-7-10-16-39)34-36-49-35-13-6-4-2-1-3-5-8-17-41-18-14-19-42(46-21-12-11-20-45(41)46)29-23-38-26-32-44(48)33-27-38/h7,9-12,14-15,19-34,36,41,45,49H,1-6,8,13,16-18,35,47-48H2/b28-22+,29-23+,36-34-,40-39-. The maximum atomic E-state index is 5.87. The highest BCUT2D eigenvalue weighted by Crippen LogP contribution is 2.37. The van der Waals surface area contributed by atoms with Crippen LogP contribution in [0.5, 0.6) is 0 Å². The van der Waals surface area contributed by atoms with Crippen LogP contribution in [0.3, 0.4) is 0 Å². The van der Waals surface area contributed by atoms with Crippen LogP contribution >= 0.6 is 0 Å². The SMILES string of the molecule is Nc1ccc(/C=C/C2=C3C=CC=CC3C(CCCCCCCCCCN\C=C/C(/C=C/c3ccc(N)cc3)=C3/C=CC=CC3)CC=C2)cc1. The van der Waals surface area contributed by atoms with E-state index in [1.807, 2.05) is 24.3 Å². The summed E-state index contributed by atoms with van der Waals surface area (Å²) in [6.45, 7) is 1.02. The third-order valence-corrected chi connectivity index (χ3v) is 9.71. The first-order valence-electron chi connectivity index (χ1n) is 18.4. The van der Waals surface area contributed by atoms with Crippen LogP contribution in [-0.2, 0) is 0 Å². The van der Waals surface area contributed by atoms with Crippen LogP contribution in [0, 0.1) is 11.8 Å². The molecule has 0 saturated carbocycles. The number of hydrogen-bond donors (Lipinski definition) is 3. The fraction of sp³-hybridized carbons (Fsp3) is 0.304. The second-order valence-electron chi connectivity index (χ2n) is 13.5. The minimum atomic E-state index is 0.505. The first-order valence-corrected chi connectivity index (χ1v) is 18.4. The first-order chi connectivity index (χ1) is 24.2. The Balaban J connectivity index is 0.953. The fourth-order valence-electron chi connectivity index (χ4n) is 6.83. The van der Waals surface area contributed by atoms with Gasteiger partial charge in [-0.2, -0.15) is 0 Å². The lowest BCUT2D eigenvalue weighted by Crippen LogP contribution is -2.15. The molecule has 3 nitrogen and oxygen atoms in total. The van der Waals surface area contributed by atoms with E-state index in [2.05, 4.69) is 127 Å². The van der Waals surface area contributed by atoms with Crippen LogP contribution in [-0.4, -0.2) is 6.54 Å². The lowest BCUT2D eigenvalue weighted by Gasteiger charge is -2.26. The van der Waals surface area contributed by atoms with Gasteiger partial charge in [0.2, 0.25) is 0 Å². The molecule has 5 rings (SSSR count). The molecule has 2 unspecified atom stereocenters. The van der Waals surface area contributed by atoms with Crippen LogP contribution in [0.2, 0.25) is 0 Å². The molecule has 3 aliphatic rings. The minimum absolute atomic E-state index is 0.505. The summed E-state index contributed by atoms with van der Waals surface area (Å²) in [6, 6.07) is 16.1. The fourth-order valence-corrected chi connectivity index (χ4v) is 6.83. The highest BCUT2D eigenvalue weighted by molar-refractivity contribution is 5.61. The molecule has 2 aromatic carbocycles. The predicted octanol–water partition coefficient (Wildman–Crippen LogP) is 11.6. The Morgan fingerprint density at radius 1 is 0.653 bits per heavy atom. The van der Waals surface area contributed by atoms with Gasteiger partial charge in [0.05, 0.1) is 0 Å². The van der Waals surface area contributed by atoms with Gasteiger partial charge in [-0.3, -0.25) is 0 Å². The quantitative estimate of drug-likeness (QED) is 0.118. The second kappa shape index (κ2) is 19.9. The Bertz CT molecular complexity index is 1630. The Morgan fingerprint density at radius 2 is 1.33 bits per heavy atom. The maximum absolute atomic E-state index is 5.87. The number of nitrogens with two attached hydrogens (primary N) is 2. The van der Waals surface area contributed by atoms with Gasteiger partial charge in [0.25, 0.3) is 0 Å². The zero-order chi connectivity index (χ0) is 33.9. The summed E-state index contributed by atoms with van der Waals surface area (Å²) >= 11 is 0. The van der Waals surface area contributed by atoms with Crippen molar-refractivity contribution in [2.75, 3.05) is 18.0 Å². The molecule has 0 fully saturated rings. The van der Waals surface area contributed by atoms with Gasteiger partial charge >= 0.3 is 0 Å². The van der Waals surface area contributed by atoms with Gasteiger partial charge in [-0.25, -0.2) is 0 Å². The van der Waals surface area contributed by atoms with E-state index in [0.717, 1.165) is 36.3 Å². The lowest BCUT2D eigenvalue weighted by molar-refractivity contribution is 0.394. The molecule has 3 aliphatic carbocycles. The monoisotopic (exact) mass is 649 g/mol. The molecule has 2 atom stereocenters. The minimum Gasteiger partial charge on any atom is -0.399 e. The van der Waals surface area contributed by atoms with E-state index < -0.39 is 0 Å². The predicted molar refractivity (Wildman–Crippen MR) is 214 cm³/mol. The Hall–Kier alpha value is -4.76. The van der Waals surface area contributed by atoms with Gasteiger partial charge in [0.15, 0.2) is 0 Å². The number of nitrogen functional groups attached to an aromatic ring is 2. The van der Waals surface area contributed by atoms with Crippen molar-refractivity contribution in [2.45, 2.75) is 70.6 Å². The summed E-state index contributed by atoms with van der Waals surface area (Å²) in [4.78, 5) is 0. The van der Waals surface area contributed by atoms with Crippen LogP contribution < -0.4 is 16.8 Å². The van der Waals surface area contributed by atoms with E-state index in [1.165, 1.54) is 85.6 Å². The number of unbranched alkanes of at least 4 members (excludes halogenated alkanes) is 7. The van der Waals surface area contributed by atoms with Gasteiger partial charge in [-0.15, -0.1) is 0 Å². The second-order valence-corrected chi connectivity index (χ2v) is 13.5. The average molecular weight is 650 g/mol.